The molecule has 0 aliphatic rings. The number of hydrogen-bond donors (Lipinski definition) is 1. The van der Waals surface area contributed by atoms with E-state index in [1.807, 2.05) is 30.3 Å². The van der Waals surface area contributed by atoms with E-state index in [1.54, 1.807) is 41.2 Å². The van der Waals surface area contributed by atoms with Crippen molar-refractivity contribution < 1.29 is 9.53 Å². The normalized spacial score (nSPS) is 10.9. The Morgan fingerprint density at radius 2 is 2.00 bits per heavy atom. The molecule has 0 aliphatic carbocycles. The predicted molar refractivity (Wildman–Crippen MR) is 130 cm³/mol. The number of thioether (sulfide) groups is 1. The quantitative estimate of drug-likeness (QED) is 0.243. The lowest BCUT2D eigenvalue weighted by atomic mass is 10.1. The summed E-state index contributed by atoms with van der Waals surface area (Å²) in [6.07, 6.45) is 5.57. The number of halogens is 1. The molecule has 164 valence electrons. The van der Waals surface area contributed by atoms with Gasteiger partial charge >= 0.3 is 0 Å². The summed E-state index contributed by atoms with van der Waals surface area (Å²) >= 11 is 7.26. The SMILES string of the molecule is CCCCOc1ccccc1-c1cc2c(SCC(=O)Nc3ccc(Cl)cc3)nccn2n1. The molecule has 1 N–H and O–H groups in total. The third-order valence-corrected chi connectivity index (χ3v) is 5.99. The zero-order valence-corrected chi connectivity index (χ0v) is 19.2. The van der Waals surface area contributed by atoms with Crippen molar-refractivity contribution in [2.24, 2.45) is 0 Å². The Kier molecular flexibility index (Phi) is 7.29. The third kappa shape index (κ3) is 5.41. The van der Waals surface area contributed by atoms with Gasteiger partial charge < -0.3 is 10.1 Å². The van der Waals surface area contributed by atoms with Crippen LogP contribution in [0.4, 0.5) is 5.69 Å². The highest BCUT2D eigenvalue weighted by Gasteiger charge is 2.14. The maximum atomic E-state index is 12.4. The number of fused-ring (bicyclic) bond motifs is 1. The summed E-state index contributed by atoms with van der Waals surface area (Å²) < 4.78 is 7.75. The topological polar surface area (TPSA) is 68.5 Å². The van der Waals surface area contributed by atoms with Gasteiger partial charge in [0.25, 0.3) is 0 Å². The molecule has 1 amide bonds. The molecule has 4 rings (SSSR count). The summed E-state index contributed by atoms with van der Waals surface area (Å²) in [7, 11) is 0. The molecule has 0 unspecified atom stereocenters. The first-order valence-electron chi connectivity index (χ1n) is 10.4. The van der Waals surface area contributed by atoms with Gasteiger partial charge in [-0.3, -0.25) is 4.79 Å². The molecule has 0 fully saturated rings. The second-order valence-corrected chi connectivity index (χ2v) is 8.53. The first kappa shape index (κ1) is 22.2. The standard InChI is InChI=1S/C24H23ClN4O2S/c1-2-3-14-31-22-7-5-4-6-19(22)20-15-21-24(26-12-13-29(21)28-20)32-16-23(30)27-18-10-8-17(25)9-11-18/h4-13,15H,2-3,14,16H2,1H3,(H,27,30). The molecule has 0 bridgehead atoms. The molecule has 0 spiro atoms. The summed E-state index contributed by atoms with van der Waals surface area (Å²) in [5.41, 5.74) is 3.29. The van der Waals surface area contributed by atoms with E-state index in [1.165, 1.54) is 11.8 Å². The summed E-state index contributed by atoms with van der Waals surface area (Å²) in [6.45, 7) is 2.81. The van der Waals surface area contributed by atoms with E-state index < -0.39 is 0 Å². The van der Waals surface area contributed by atoms with Crippen molar-refractivity contribution in [2.75, 3.05) is 17.7 Å². The van der Waals surface area contributed by atoms with Gasteiger partial charge in [0.2, 0.25) is 5.91 Å². The maximum Gasteiger partial charge on any atom is 0.234 e. The molecular weight excluding hydrogens is 444 g/mol. The summed E-state index contributed by atoms with van der Waals surface area (Å²) in [6, 6.07) is 16.9. The van der Waals surface area contributed by atoms with Crippen molar-refractivity contribution in [3.63, 3.8) is 0 Å². The average Bonchev–Trinajstić information content (AvgIpc) is 3.24. The van der Waals surface area contributed by atoms with E-state index in [9.17, 15) is 4.79 Å². The maximum absolute atomic E-state index is 12.4. The Bertz CT molecular complexity index is 1210. The van der Waals surface area contributed by atoms with Gasteiger partial charge in [-0.05, 0) is 48.9 Å². The molecule has 0 saturated heterocycles. The van der Waals surface area contributed by atoms with E-state index in [-0.39, 0.29) is 11.7 Å². The predicted octanol–water partition coefficient (Wildman–Crippen LogP) is 5.96. The highest BCUT2D eigenvalue weighted by atomic mass is 35.5. The van der Waals surface area contributed by atoms with Crippen molar-refractivity contribution in [1.29, 1.82) is 0 Å². The van der Waals surface area contributed by atoms with Crippen molar-refractivity contribution in [3.8, 4) is 17.0 Å². The molecule has 2 aromatic heterocycles. The van der Waals surface area contributed by atoms with E-state index in [4.69, 9.17) is 21.4 Å². The monoisotopic (exact) mass is 466 g/mol. The van der Waals surface area contributed by atoms with E-state index in [0.29, 0.717) is 17.3 Å². The average molecular weight is 467 g/mol. The van der Waals surface area contributed by atoms with Gasteiger partial charge in [-0.25, -0.2) is 9.50 Å². The Labute approximate surface area is 196 Å². The van der Waals surface area contributed by atoms with Crippen LogP contribution in [0.2, 0.25) is 5.02 Å². The largest absolute Gasteiger partial charge is 0.493 e. The molecule has 32 heavy (non-hydrogen) atoms. The first-order chi connectivity index (χ1) is 15.6. The lowest BCUT2D eigenvalue weighted by Gasteiger charge is -2.09. The number of nitrogens with zero attached hydrogens (tertiary/aromatic N) is 3. The van der Waals surface area contributed by atoms with E-state index in [0.717, 1.165) is 40.4 Å². The van der Waals surface area contributed by atoms with Gasteiger partial charge in [0.15, 0.2) is 0 Å². The van der Waals surface area contributed by atoms with Crippen LogP contribution in [0.25, 0.3) is 16.8 Å². The number of unbranched alkanes of at least 4 members (excludes halogenated alkanes) is 1. The van der Waals surface area contributed by atoms with Crippen molar-refractivity contribution >= 4 is 40.5 Å². The minimum Gasteiger partial charge on any atom is -0.493 e. The lowest BCUT2D eigenvalue weighted by molar-refractivity contribution is -0.113. The van der Waals surface area contributed by atoms with Gasteiger partial charge in [-0.1, -0.05) is 48.8 Å². The number of benzene rings is 2. The molecule has 8 heteroatoms. The number of amides is 1. The first-order valence-corrected chi connectivity index (χ1v) is 11.7. The van der Waals surface area contributed by atoms with Gasteiger partial charge in [-0.2, -0.15) is 5.10 Å². The van der Waals surface area contributed by atoms with Crippen LogP contribution in [0.3, 0.4) is 0 Å². The molecular formula is C24H23ClN4O2S. The number of aromatic nitrogens is 3. The summed E-state index contributed by atoms with van der Waals surface area (Å²) in [4.78, 5) is 16.8. The Hall–Kier alpha value is -3.03. The summed E-state index contributed by atoms with van der Waals surface area (Å²) in [5, 5.41) is 8.94. The molecule has 2 heterocycles. The Balaban J connectivity index is 1.50. The Morgan fingerprint density at radius 3 is 2.81 bits per heavy atom. The number of para-hydroxylation sites is 1. The van der Waals surface area contributed by atoms with Crippen molar-refractivity contribution in [3.05, 3.63) is 72.0 Å². The fourth-order valence-electron chi connectivity index (χ4n) is 3.14. The van der Waals surface area contributed by atoms with Crippen LogP contribution in [0.15, 0.2) is 72.0 Å². The van der Waals surface area contributed by atoms with Gasteiger partial charge in [0.1, 0.15) is 10.8 Å². The van der Waals surface area contributed by atoms with Crippen LogP contribution in [0.5, 0.6) is 5.75 Å². The van der Waals surface area contributed by atoms with Crippen LogP contribution in [-0.4, -0.2) is 32.9 Å². The van der Waals surface area contributed by atoms with Gasteiger partial charge in [0.05, 0.1) is 23.6 Å². The molecule has 0 aliphatic heterocycles. The van der Waals surface area contributed by atoms with Gasteiger partial charge in [0, 0.05) is 28.7 Å². The Morgan fingerprint density at radius 1 is 1.19 bits per heavy atom. The minimum atomic E-state index is -0.115. The number of ether oxygens (including phenoxy) is 1. The highest BCUT2D eigenvalue weighted by molar-refractivity contribution is 8.00. The number of anilines is 1. The van der Waals surface area contributed by atoms with Crippen molar-refractivity contribution in [1.82, 2.24) is 14.6 Å². The van der Waals surface area contributed by atoms with Crippen LogP contribution in [0.1, 0.15) is 19.8 Å². The fraction of sp³-hybridized carbons (Fsp3) is 0.208. The molecule has 6 nitrogen and oxygen atoms in total. The number of nitrogens with one attached hydrogen (secondary N) is 1. The molecule has 0 atom stereocenters. The van der Waals surface area contributed by atoms with Crippen LogP contribution >= 0.6 is 23.4 Å². The van der Waals surface area contributed by atoms with Crippen molar-refractivity contribution in [2.45, 2.75) is 24.8 Å². The van der Waals surface area contributed by atoms with E-state index >= 15 is 0 Å². The number of carbonyl (C=O) groups is 1. The minimum absolute atomic E-state index is 0.115. The lowest BCUT2D eigenvalue weighted by Crippen LogP contribution is -2.14. The van der Waals surface area contributed by atoms with Crippen LogP contribution in [-0.2, 0) is 4.79 Å². The van der Waals surface area contributed by atoms with E-state index in [2.05, 4.69) is 17.2 Å². The second kappa shape index (κ2) is 10.5. The molecule has 0 saturated carbocycles. The van der Waals surface area contributed by atoms with Gasteiger partial charge in [-0.15, -0.1) is 0 Å². The third-order valence-electron chi connectivity index (χ3n) is 4.74. The molecule has 2 aromatic carbocycles. The van der Waals surface area contributed by atoms with Crippen LogP contribution < -0.4 is 10.1 Å². The molecule has 4 aromatic rings. The summed E-state index contributed by atoms with van der Waals surface area (Å²) in [5.74, 6) is 0.927. The van der Waals surface area contributed by atoms with Crippen LogP contribution in [0, 0.1) is 0 Å². The smallest absolute Gasteiger partial charge is 0.234 e. The fourth-order valence-corrected chi connectivity index (χ4v) is 4.04. The second-order valence-electron chi connectivity index (χ2n) is 7.13. The zero-order chi connectivity index (χ0) is 22.3. The highest BCUT2D eigenvalue weighted by Crippen LogP contribution is 2.32. The number of carbonyl (C=O) groups excluding carboxylic acids is 1. The zero-order valence-electron chi connectivity index (χ0n) is 17.6. The number of hydrogen-bond acceptors (Lipinski definition) is 5. The molecule has 0 radical (unpaired) electrons. The number of rotatable bonds is 9.